The molecule has 0 fully saturated rings. The van der Waals surface area contributed by atoms with Crippen molar-refractivity contribution in [2.24, 2.45) is 0 Å². The number of carboxylic acids is 2. The summed E-state index contributed by atoms with van der Waals surface area (Å²) in [6.45, 7) is 0. The summed E-state index contributed by atoms with van der Waals surface area (Å²) in [7, 11) is 0. The Labute approximate surface area is 94.4 Å². The van der Waals surface area contributed by atoms with Crippen molar-refractivity contribution in [2.45, 2.75) is 0 Å². The van der Waals surface area contributed by atoms with Gasteiger partial charge in [-0.15, -0.1) is 0 Å². The zero-order valence-corrected chi connectivity index (χ0v) is 12.2. The van der Waals surface area contributed by atoms with Crippen molar-refractivity contribution in [1.82, 2.24) is 0 Å². The SMILES string of the molecule is O=C(O)c1ccccc1C(=O)O.[PbH2]. The van der Waals surface area contributed by atoms with Gasteiger partial charge in [-0.25, -0.2) is 9.59 Å². The monoisotopic (exact) mass is 376 g/mol. The predicted molar refractivity (Wildman–Crippen MR) is 48.9 cm³/mol. The maximum absolute atomic E-state index is 10.5. The first-order chi connectivity index (χ1) is 5.63. The summed E-state index contributed by atoms with van der Waals surface area (Å²) in [5, 5.41) is 17.1. The molecule has 0 bridgehead atoms. The van der Waals surface area contributed by atoms with Gasteiger partial charge >= 0.3 is 39.2 Å². The molecule has 0 aliphatic rings. The molecule has 0 unspecified atom stereocenters. The second-order valence-electron chi connectivity index (χ2n) is 2.16. The van der Waals surface area contributed by atoms with Gasteiger partial charge in [-0.05, 0) is 12.1 Å². The molecule has 0 saturated carbocycles. The van der Waals surface area contributed by atoms with Gasteiger partial charge in [0.25, 0.3) is 0 Å². The van der Waals surface area contributed by atoms with E-state index in [0.29, 0.717) is 0 Å². The molecule has 5 heteroatoms. The van der Waals surface area contributed by atoms with Gasteiger partial charge < -0.3 is 10.2 Å². The van der Waals surface area contributed by atoms with E-state index >= 15 is 0 Å². The standard InChI is InChI=1S/C8H6O4.Pb.2H/c9-7(10)5-3-1-2-4-6(5)8(11)12;;;/h1-4H,(H,9,10)(H,11,12);;;. The molecule has 0 aromatic heterocycles. The summed E-state index contributed by atoms with van der Waals surface area (Å²) in [6.07, 6.45) is 0. The molecule has 0 atom stereocenters. The third-order valence-electron chi connectivity index (χ3n) is 1.39. The third-order valence-corrected chi connectivity index (χ3v) is 1.39. The summed E-state index contributed by atoms with van der Waals surface area (Å²) in [4.78, 5) is 20.9. The molecule has 0 heterocycles. The minimum atomic E-state index is -1.23. The second-order valence-corrected chi connectivity index (χ2v) is 2.16. The Morgan fingerprint density at radius 1 is 0.923 bits per heavy atom. The summed E-state index contributed by atoms with van der Waals surface area (Å²) < 4.78 is 0. The van der Waals surface area contributed by atoms with Crippen molar-refractivity contribution in [3.63, 3.8) is 0 Å². The second kappa shape index (κ2) is 4.95. The third kappa shape index (κ3) is 2.80. The molecule has 0 saturated heterocycles. The van der Waals surface area contributed by atoms with Crippen molar-refractivity contribution < 1.29 is 19.8 Å². The molecule has 2 radical (unpaired) electrons. The average molecular weight is 375 g/mol. The predicted octanol–water partition coefficient (Wildman–Crippen LogP) is 0.167. The van der Waals surface area contributed by atoms with E-state index in [9.17, 15) is 9.59 Å². The number of hydrogen-bond donors (Lipinski definition) is 2. The van der Waals surface area contributed by atoms with E-state index in [-0.39, 0.29) is 38.4 Å². The van der Waals surface area contributed by atoms with Crippen LogP contribution in [0.15, 0.2) is 24.3 Å². The van der Waals surface area contributed by atoms with E-state index < -0.39 is 11.9 Å². The Morgan fingerprint density at radius 2 is 1.23 bits per heavy atom. The molecular weight excluding hydrogens is 367 g/mol. The molecule has 13 heavy (non-hydrogen) atoms. The van der Waals surface area contributed by atoms with Crippen molar-refractivity contribution in [3.8, 4) is 0 Å². The van der Waals surface area contributed by atoms with Crippen LogP contribution in [-0.4, -0.2) is 49.5 Å². The van der Waals surface area contributed by atoms with Crippen LogP contribution in [0.3, 0.4) is 0 Å². The van der Waals surface area contributed by atoms with Gasteiger partial charge in [-0.3, -0.25) is 0 Å². The summed E-state index contributed by atoms with van der Waals surface area (Å²) in [5.41, 5.74) is -0.380. The molecule has 4 nitrogen and oxygen atoms in total. The summed E-state index contributed by atoms with van der Waals surface area (Å²) in [6, 6.07) is 5.48. The Kier molecular flexibility index (Phi) is 4.60. The number of hydrogen-bond acceptors (Lipinski definition) is 2. The quantitative estimate of drug-likeness (QED) is 0.723. The molecule has 0 amide bonds. The molecule has 68 valence electrons. The number of aromatic carboxylic acids is 2. The normalized spacial score (nSPS) is 8.62. The number of carboxylic acid groups (broad SMARTS) is 2. The topological polar surface area (TPSA) is 74.6 Å². The van der Waals surface area contributed by atoms with Gasteiger partial charge in [-0.1, -0.05) is 12.1 Å². The molecule has 1 aromatic carbocycles. The van der Waals surface area contributed by atoms with Crippen LogP contribution >= 0.6 is 0 Å². The Morgan fingerprint density at radius 3 is 1.46 bits per heavy atom. The van der Waals surface area contributed by atoms with Gasteiger partial charge in [0.1, 0.15) is 0 Å². The van der Waals surface area contributed by atoms with E-state index in [4.69, 9.17) is 10.2 Å². The van der Waals surface area contributed by atoms with E-state index in [1.807, 2.05) is 0 Å². The number of carbonyl (C=O) groups is 2. The molecule has 0 aliphatic carbocycles. The fourth-order valence-corrected chi connectivity index (χ4v) is 0.856. The fourth-order valence-electron chi connectivity index (χ4n) is 0.856. The van der Waals surface area contributed by atoms with Gasteiger partial charge in [0, 0.05) is 0 Å². The van der Waals surface area contributed by atoms with Crippen LogP contribution in [0.4, 0.5) is 0 Å². The van der Waals surface area contributed by atoms with Crippen LogP contribution in [-0.2, 0) is 0 Å². The molecule has 1 rings (SSSR count). The number of benzene rings is 1. The Balaban J connectivity index is 0.00000144. The first-order valence-corrected chi connectivity index (χ1v) is 3.18. The molecule has 0 spiro atoms. The van der Waals surface area contributed by atoms with E-state index in [1.54, 1.807) is 0 Å². The zero-order valence-electron chi connectivity index (χ0n) is 6.73. The average Bonchev–Trinajstić information content (AvgIpc) is 2.04. The fraction of sp³-hybridized carbons (Fsp3) is 0. The first-order valence-electron chi connectivity index (χ1n) is 3.18. The molecule has 1 aromatic rings. The molecule has 2 N–H and O–H groups in total. The van der Waals surface area contributed by atoms with Crippen LogP contribution in [0.25, 0.3) is 0 Å². The summed E-state index contributed by atoms with van der Waals surface area (Å²) >= 11 is 0. The van der Waals surface area contributed by atoms with Gasteiger partial charge in [0.05, 0.1) is 11.1 Å². The van der Waals surface area contributed by atoms with E-state index in [2.05, 4.69) is 0 Å². The summed E-state index contributed by atoms with van der Waals surface area (Å²) in [5.74, 6) is -2.46. The zero-order chi connectivity index (χ0) is 9.14. The van der Waals surface area contributed by atoms with Crippen LogP contribution < -0.4 is 0 Å². The molecule has 0 aliphatic heterocycles. The Hall–Kier alpha value is -0.918. The van der Waals surface area contributed by atoms with Gasteiger partial charge in [0.2, 0.25) is 0 Å². The van der Waals surface area contributed by atoms with E-state index in [0.717, 1.165) is 0 Å². The number of rotatable bonds is 2. The first kappa shape index (κ1) is 12.1. The van der Waals surface area contributed by atoms with Crippen molar-refractivity contribution >= 4 is 39.2 Å². The van der Waals surface area contributed by atoms with Crippen molar-refractivity contribution in [3.05, 3.63) is 35.4 Å². The van der Waals surface area contributed by atoms with Gasteiger partial charge in [0.15, 0.2) is 0 Å². The Bertz CT molecular complexity index is 302. The van der Waals surface area contributed by atoms with Crippen molar-refractivity contribution in [2.75, 3.05) is 0 Å². The van der Waals surface area contributed by atoms with Crippen LogP contribution in [0.2, 0.25) is 0 Å². The minimum absolute atomic E-state index is 0. The van der Waals surface area contributed by atoms with Crippen LogP contribution in [0, 0.1) is 0 Å². The van der Waals surface area contributed by atoms with Gasteiger partial charge in [-0.2, -0.15) is 0 Å². The maximum atomic E-state index is 10.5. The van der Waals surface area contributed by atoms with Crippen molar-refractivity contribution in [1.29, 1.82) is 0 Å². The van der Waals surface area contributed by atoms with Crippen LogP contribution in [0.5, 0.6) is 0 Å². The van der Waals surface area contributed by atoms with E-state index in [1.165, 1.54) is 24.3 Å². The molecular formula is C8H8O4Pb. The van der Waals surface area contributed by atoms with Crippen LogP contribution in [0.1, 0.15) is 20.7 Å².